The molecule has 0 unspecified atom stereocenters. The van der Waals surface area contributed by atoms with Crippen molar-refractivity contribution in [1.82, 2.24) is 0 Å². The van der Waals surface area contributed by atoms with E-state index >= 15 is 0 Å². The van der Waals surface area contributed by atoms with Crippen LogP contribution >= 0.6 is 15.9 Å². The van der Waals surface area contributed by atoms with E-state index in [-0.39, 0.29) is 17.9 Å². The van der Waals surface area contributed by atoms with Crippen molar-refractivity contribution in [3.05, 3.63) is 63.4 Å². The van der Waals surface area contributed by atoms with Crippen LogP contribution in [0.3, 0.4) is 0 Å². The molecular weight excluding hydrogens is 311 g/mol. The second kappa shape index (κ2) is 5.97. The Bertz CT molecular complexity index is 597. The van der Waals surface area contributed by atoms with E-state index in [2.05, 4.69) is 15.9 Å². The van der Waals surface area contributed by atoms with Crippen LogP contribution in [0.15, 0.2) is 40.9 Å². The van der Waals surface area contributed by atoms with Gasteiger partial charge in [-0.15, -0.1) is 0 Å². The highest BCUT2D eigenvalue weighted by Crippen LogP contribution is 2.33. The monoisotopic (exact) mass is 322 g/mol. The molecule has 0 fully saturated rings. The molecule has 0 aliphatic heterocycles. The van der Waals surface area contributed by atoms with Gasteiger partial charge in [-0.25, -0.2) is 4.39 Å². The number of hydrogen-bond acceptors (Lipinski definition) is 2. The summed E-state index contributed by atoms with van der Waals surface area (Å²) in [5.41, 5.74) is 1.69. The van der Waals surface area contributed by atoms with Gasteiger partial charge in [0.25, 0.3) is 0 Å². The number of benzene rings is 2. The normalized spacial score (nSPS) is 10.3. The molecule has 0 aromatic heterocycles. The molecule has 0 bridgehead atoms. The Hall–Kier alpha value is -1.68. The fraction of sp³-hybridized carbons (Fsp3) is 0.133. The molecule has 0 heterocycles. The van der Waals surface area contributed by atoms with E-state index in [0.29, 0.717) is 10.8 Å². The average molecular weight is 323 g/mol. The van der Waals surface area contributed by atoms with Gasteiger partial charge in [-0.2, -0.15) is 0 Å². The van der Waals surface area contributed by atoms with Gasteiger partial charge < -0.3 is 4.74 Å². The number of aldehydes is 1. The van der Waals surface area contributed by atoms with E-state index in [1.54, 1.807) is 6.92 Å². The van der Waals surface area contributed by atoms with Crippen LogP contribution in [-0.2, 0) is 6.61 Å². The molecule has 0 aliphatic carbocycles. The second-order valence-electron chi connectivity index (χ2n) is 4.13. The number of carbonyl (C=O) groups is 1. The van der Waals surface area contributed by atoms with Crippen molar-refractivity contribution >= 4 is 22.2 Å². The SMILES string of the molecule is Cc1cc(C=O)c(F)c(OCc2ccccc2)c1Br. The van der Waals surface area contributed by atoms with Crippen LogP contribution in [0.25, 0.3) is 0 Å². The Morgan fingerprint density at radius 1 is 1.32 bits per heavy atom. The lowest BCUT2D eigenvalue weighted by atomic mass is 10.1. The van der Waals surface area contributed by atoms with Gasteiger partial charge in [0.2, 0.25) is 0 Å². The Morgan fingerprint density at radius 2 is 2.00 bits per heavy atom. The van der Waals surface area contributed by atoms with Gasteiger partial charge in [0.05, 0.1) is 10.0 Å². The highest BCUT2D eigenvalue weighted by Gasteiger charge is 2.16. The van der Waals surface area contributed by atoms with Crippen molar-refractivity contribution in [2.24, 2.45) is 0 Å². The number of rotatable bonds is 4. The average Bonchev–Trinajstić information content (AvgIpc) is 2.44. The minimum atomic E-state index is -0.636. The fourth-order valence-electron chi connectivity index (χ4n) is 1.71. The van der Waals surface area contributed by atoms with Crippen molar-refractivity contribution in [2.75, 3.05) is 0 Å². The van der Waals surface area contributed by atoms with E-state index in [9.17, 15) is 9.18 Å². The van der Waals surface area contributed by atoms with Gasteiger partial charge >= 0.3 is 0 Å². The van der Waals surface area contributed by atoms with Crippen LogP contribution in [0.5, 0.6) is 5.75 Å². The summed E-state index contributed by atoms with van der Waals surface area (Å²) in [6, 6.07) is 10.9. The van der Waals surface area contributed by atoms with Gasteiger partial charge in [0, 0.05) is 0 Å². The van der Waals surface area contributed by atoms with E-state index < -0.39 is 5.82 Å². The zero-order valence-corrected chi connectivity index (χ0v) is 11.9. The number of halogens is 2. The Kier molecular flexibility index (Phi) is 4.32. The van der Waals surface area contributed by atoms with Crippen LogP contribution in [-0.4, -0.2) is 6.29 Å². The Morgan fingerprint density at radius 3 is 2.63 bits per heavy atom. The summed E-state index contributed by atoms with van der Waals surface area (Å²) in [6.45, 7) is 2.03. The van der Waals surface area contributed by atoms with Crippen molar-refractivity contribution in [3.63, 3.8) is 0 Å². The van der Waals surface area contributed by atoms with Crippen LogP contribution < -0.4 is 4.74 Å². The number of carbonyl (C=O) groups excluding carboxylic acids is 1. The molecule has 0 radical (unpaired) electrons. The fourth-order valence-corrected chi connectivity index (χ4v) is 2.11. The summed E-state index contributed by atoms with van der Waals surface area (Å²) < 4.78 is 20.1. The lowest BCUT2D eigenvalue weighted by Gasteiger charge is -2.12. The molecule has 2 nitrogen and oxygen atoms in total. The summed E-state index contributed by atoms with van der Waals surface area (Å²) in [5, 5.41) is 0. The summed E-state index contributed by atoms with van der Waals surface area (Å²) in [7, 11) is 0. The standard InChI is InChI=1S/C15H12BrFO2/c1-10-7-12(8-18)14(17)15(13(10)16)19-9-11-5-3-2-4-6-11/h2-8H,9H2,1H3. The maximum absolute atomic E-state index is 14.0. The maximum atomic E-state index is 14.0. The first-order valence-electron chi connectivity index (χ1n) is 5.74. The topological polar surface area (TPSA) is 26.3 Å². The second-order valence-corrected chi connectivity index (χ2v) is 4.92. The minimum absolute atomic E-state index is 0.00348. The summed E-state index contributed by atoms with van der Waals surface area (Å²) in [5.74, 6) is -0.561. The molecule has 4 heteroatoms. The molecule has 0 aliphatic rings. The largest absolute Gasteiger partial charge is 0.485 e. The maximum Gasteiger partial charge on any atom is 0.176 e. The van der Waals surface area contributed by atoms with Crippen molar-refractivity contribution in [3.8, 4) is 5.75 Å². The van der Waals surface area contributed by atoms with Crippen molar-refractivity contribution < 1.29 is 13.9 Å². The molecule has 0 saturated heterocycles. The van der Waals surface area contributed by atoms with Crippen molar-refractivity contribution in [1.29, 1.82) is 0 Å². The number of aryl methyl sites for hydroxylation is 1. The highest BCUT2D eigenvalue weighted by atomic mass is 79.9. The van der Waals surface area contributed by atoms with Crippen LogP contribution in [0.1, 0.15) is 21.5 Å². The summed E-state index contributed by atoms with van der Waals surface area (Å²) in [4.78, 5) is 10.8. The molecule has 2 rings (SSSR count). The minimum Gasteiger partial charge on any atom is -0.485 e. The third-order valence-corrected chi connectivity index (χ3v) is 3.71. The van der Waals surface area contributed by atoms with Gasteiger partial charge in [-0.05, 0) is 40.0 Å². The molecule has 19 heavy (non-hydrogen) atoms. The van der Waals surface area contributed by atoms with Gasteiger partial charge in [0.1, 0.15) is 6.61 Å². The first-order valence-corrected chi connectivity index (χ1v) is 6.53. The lowest BCUT2D eigenvalue weighted by Crippen LogP contribution is -2.02. The zero-order chi connectivity index (χ0) is 13.8. The van der Waals surface area contributed by atoms with Gasteiger partial charge in [-0.3, -0.25) is 4.79 Å². The molecule has 0 amide bonds. The first kappa shape index (κ1) is 13.7. The molecule has 2 aromatic rings. The van der Waals surface area contributed by atoms with E-state index in [0.717, 1.165) is 11.1 Å². The highest BCUT2D eigenvalue weighted by molar-refractivity contribution is 9.10. The molecule has 0 saturated carbocycles. The predicted octanol–water partition coefficient (Wildman–Crippen LogP) is 4.29. The van der Waals surface area contributed by atoms with E-state index in [1.165, 1.54) is 6.07 Å². The first-order chi connectivity index (χ1) is 9.13. The van der Waals surface area contributed by atoms with E-state index in [4.69, 9.17) is 4.74 Å². The molecule has 2 aromatic carbocycles. The number of hydrogen-bond donors (Lipinski definition) is 0. The molecule has 0 N–H and O–H groups in total. The predicted molar refractivity (Wildman–Crippen MR) is 75.0 cm³/mol. The third kappa shape index (κ3) is 3.01. The molecular formula is C15H12BrFO2. The summed E-state index contributed by atoms with van der Waals surface area (Å²) in [6.07, 6.45) is 0.490. The zero-order valence-electron chi connectivity index (χ0n) is 10.3. The number of ether oxygens (including phenoxy) is 1. The lowest BCUT2D eigenvalue weighted by molar-refractivity contribution is 0.111. The Labute approximate surface area is 119 Å². The summed E-state index contributed by atoms with van der Waals surface area (Å²) >= 11 is 3.29. The van der Waals surface area contributed by atoms with E-state index in [1.807, 2.05) is 30.3 Å². The van der Waals surface area contributed by atoms with Crippen molar-refractivity contribution in [2.45, 2.75) is 13.5 Å². The smallest absolute Gasteiger partial charge is 0.176 e. The quantitative estimate of drug-likeness (QED) is 0.785. The van der Waals surface area contributed by atoms with Gasteiger partial charge in [-0.1, -0.05) is 30.3 Å². The van der Waals surface area contributed by atoms with Crippen LogP contribution in [0, 0.1) is 12.7 Å². The van der Waals surface area contributed by atoms with Gasteiger partial charge in [0.15, 0.2) is 17.9 Å². The molecule has 98 valence electrons. The molecule has 0 spiro atoms. The van der Waals surface area contributed by atoms with Crippen LogP contribution in [0.2, 0.25) is 0 Å². The molecule has 0 atom stereocenters. The van der Waals surface area contributed by atoms with Crippen LogP contribution in [0.4, 0.5) is 4.39 Å². The third-order valence-electron chi connectivity index (χ3n) is 2.72. The Balaban J connectivity index is 2.29.